The predicted octanol–water partition coefficient (Wildman–Crippen LogP) is 2.33. The summed E-state index contributed by atoms with van der Waals surface area (Å²) in [6.45, 7) is 0.784. The Balaban J connectivity index is 2.44. The molecule has 0 fully saturated rings. The van der Waals surface area contributed by atoms with Gasteiger partial charge in [0.25, 0.3) is 0 Å². The maximum atomic E-state index is 10.9. The van der Waals surface area contributed by atoms with Crippen LogP contribution in [-0.2, 0) is 0 Å². The summed E-state index contributed by atoms with van der Waals surface area (Å²) in [5.74, 6) is 0.146. The summed E-state index contributed by atoms with van der Waals surface area (Å²) in [5.41, 5.74) is 0.687. The van der Waals surface area contributed by atoms with E-state index in [1.165, 1.54) is 6.20 Å². The fraction of sp³-hybridized carbons (Fsp3) is 0.455. The maximum Gasteiger partial charge on any atom is 0.356 e. The number of thioether (sulfide) groups is 1. The van der Waals surface area contributed by atoms with Crippen LogP contribution in [0.2, 0.25) is 0 Å². The van der Waals surface area contributed by atoms with E-state index in [1.54, 1.807) is 12.1 Å². The lowest BCUT2D eigenvalue weighted by Gasteiger charge is -2.07. The van der Waals surface area contributed by atoms with Crippen molar-refractivity contribution >= 4 is 23.4 Å². The number of aromatic nitrogens is 1. The third kappa shape index (κ3) is 4.10. The van der Waals surface area contributed by atoms with Gasteiger partial charge in [-0.25, -0.2) is 9.78 Å². The molecular formula is C11H16N2O2S. The number of nitrogens with zero attached hydrogens (tertiary/aromatic N) is 1. The Bertz CT molecular complexity index is 345. The van der Waals surface area contributed by atoms with Crippen molar-refractivity contribution in [2.75, 3.05) is 23.9 Å². The highest BCUT2D eigenvalue weighted by Gasteiger charge is 2.09. The van der Waals surface area contributed by atoms with Gasteiger partial charge in [0.2, 0.25) is 0 Å². The van der Waals surface area contributed by atoms with E-state index in [-0.39, 0.29) is 5.69 Å². The predicted molar refractivity (Wildman–Crippen MR) is 67.3 cm³/mol. The molecule has 0 saturated heterocycles. The Kier molecular flexibility index (Phi) is 5.71. The Labute approximate surface area is 99.5 Å². The van der Waals surface area contributed by atoms with Gasteiger partial charge in [-0.15, -0.1) is 0 Å². The van der Waals surface area contributed by atoms with Crippen molar-refractivity contribution in [3.05, 3.63) is 24.0 Å². The van der Waals surface area contributed by atoms with Gasteiger partial charge in [-0.3, -0.25) is 0 Å². The average molecular weight is 240 g/mol. The lowest BCUT2D eigenvalue weighted by Crippen LogP contribution is -2.09. The summed E-state index contributed by atoms with van der Waals surface area (Å²) in [6, 6.07) is 3.47. The number of nitrogens with one attached hydrogen (secondary N) is 1. The number of aromatic carboxylic acids is 1. The van der Waals surface area contributed by atoms with Crippen LogP contribution < -0.4 is 5.32 Å². The standard InChI is InChI=1S/C11H16N2O2S/c1-16-8-3-2-6-12-9-5-4-7-13-10(9)11(14)15/h4-5,7,12H,2-3,6,8H2,1H3,(H,14,15). The van der Waals surface area contributed by atoms with Crippen LogP contribution in [0.1, 0.15) is 23.3 Å². The Morgan fingerprint density at radius 3 is 3.06 bits per heavy atom. The number of unbranched alkanes of at least 4 members (excludes halogenated alkanes) is 1. The molecule has 2 N–H and O–H groups in total. The molecule has 0 aliphatic heterocycles. The number of carboxylic acids is 1. The first-order valence-corrected chi connectivity index (χ1v) is 6.56. The highest BCUT2D eigenvalue weighted by Crippen LogP contribution is 2.12. The molecule has 0 radical (unpaired) electrons. The highest BCUT2D eigenvalue weighted by molar-refractivity contribution is 7.98. The zero-order chi connectivity index (χ0) is 11.8. The minimum atomic E-state index is -0.993. The molecule has 0 aliphatic rings. The van der Waals surface area contributed by atoms with E-state index in [2.05, 4.69) is 16.6 Å². The number of hydrogen-bond donors (Lipinski definition) is 2. The van der Waals surface area contributed by atoms with Crippen LogP contribution in [0.4, 0.5) is 5.69 Å². The first-order chi connectivity index (χ1) is 7.75. The molecule has 16 heavy (non-hydrogen) atoms. The van der Waals surface area contributed by atoms with Gasteiger partial charge in [-0.2, -0.15) is 11.8 Å². The van der Waals surface area contributed by atoms with E-state index in [4.69, 9.17) is 5.11 Å². The second-order valence-electron chi connectivity index (χ2n) is 3.33. The van der Waals surface area contributed by atoms with Crippen molar-refractivity contribution in [3.8, 4) is 0 Å². The first-order valence-electron chi connectivity index (χ1n) is 5.17. The number of pyridine rings is 1. The lowest BCUT2D eigenvalue weighted by molar-refractivity contribution is 0.0691. The smallest absolute Gasteiger partial charge is 0.356 e. The summed E-state index contributed by atoms with van der Waals surface area (Å²) in [5, 5.41) is 12.0. The van der Waals surface area contributed by atoms with Crippen molar-refractivity contribution in [1.29, 1.82) is 0 Å². The Morgan fingerprint density at radius 1 is 1.56 bits per heavy atom. The lowest BCUT2D eigenvalue weighted by atomic mass is 10.2. The summed E-state index contributed by atoms with van der Waals surface area (Å²) in [4.78, 5) is 14.7. The van der Waals surface area contributed by atoms with Crippen LogP contribution in [-0.4, -0.2) is 34.6 Å². The van der Waals surface area contributed by atoms with Crippen LogP contribution >= 0.6 is 11.8 Å². The van der Waals surface area contributed by atoms with Crippen molar-refractivity contribution in [1.82, 2.24) is 4.98 Å². The van der Waals surface area contributed by atoms with Gasteiger partial charge in [0, 0.05) is 12.7 Å². The molecule has 0 saturated carbocycles. The molecule has 0 aromatic carbocycles. The number of carbonyl (C=O) groups is 1. The van der Waals surface area contributed by atoms with Crippen LogP contribution in [0, 0.1) is 0 Å². The van der Waals surface area contributed by atoms with Crippen molar-refractivity contribution in [3.63, 3.8) is 0 Å². The van der Waals surface area contributed by atoms with E-state index in [0.717, 1.165) is 25.1 Å². The summed E-state index contributed by atoms with van der Waals surface area (Å²) < 4.78 is 0. The molecule has 5 heteroatoms. The topological polar surface area (TPSA) is 62.2 Å². The Morgan fingerprint density at radius 2 is 2.38 bits per heavy atom. The largest absolute Gasteiger partial charge is 0.476 e. The molecular weight excluding hydrogens is 224 g/mol. The molecule has 0 spiro atoms. The second kappa shape index (κ2) is 7.11. The number of rotatable bonds is 7. The van der Waals surface area contributed by atoms with Crippen LogP contribution in [0.3, 0.4) is 0 Å². The zero-order valence-electron chi connectivity index (χ0n) is 9.27. The number of hydrogen-bond acceptors (Lipinski definition) is 4. The quantitative estimate of drug-likeness (QED) is 0.716. The summed E-state index contributed by atoms with van der Waals surface area (Å²) >= 11 is 1.82. The maximum absolute atomic E-state index is 10.9. The molecule has 0 bridgehead atoms. The third-order valence-electron chi connectivity index (χ3n) is 2.10. The zero-order valence-corrected chi connectivity index (χ0v) is 10.1. The minimum Gasteiger partial charge on any atom is -0.476 e. The van der Waals surface area contributed by atoms with E-state index in [9.17, 15) is 4.79 Å². The molecule has 1 heterocycles. The van der Waals surface area contributed by atoms with Crippen LogP contribution in [0.15, 0.2) is 18.3 Å². The van der Waals surface area contributed by atoms with E-state index in [0.29, 0.717) is 5.69 Å². The minimum absolute atomic E-state index is 0.0902. The molecule has 1 rings (SSSR count). The first kappa shape index (κ1) is 12.8. The van der Waals surface area contributed by atoms with E-state index in [1.807, 2.05) is 11.8 Å². The molecule has 0 unspecified atom stereocenters. The summed E-state index contributed by atoms with van der Waals surface area (Å²) in [6.07, 6.45) is 5.74. The highest BCUT2D eigenvalue weighted by atomic mass is 32.2. The van der Waals surface area contributed by atoms with Gasteiger partial charge in [0.05, 0.1) is 5.69 Å². The van der Waals surface area contributed by atoms with E-state index >= 15 is 0 Å². The normalized spacial score (nSPS) is 10.1. The van der Waals surface area contributed by atoms with Gasteiger partial charge in [0.1, 0.15) is 0 Å². The SMILES string of the molecule is CSCCCCNc1cccnc1C(=O)O. The van der Waals surface area contributed by atoms with Crippen LogP contribution in [0.5, 0.6) is 0 Å². The molecule has 4 nitrogen and oxygen atoms in total. The second-order valence-corrected chi connectivity index (χ2v) is 4.32. The molecule has 0 aliphatic carbocycles. The van der Waals surface area contributed by atoms with Crippen molar-refractivity contribution in [2.24, 2.45) is 0 Å². The van der Waals surface area contributed by atoms with Gasteiger partial charge < -0.3 is 10.4 Å². The van der Waals surface area contributed by atoms with E-state index < -0.39 is 5.97 Å². The molecule has 1 aromatic heterocycles. The average Bonchev–Trinajstić information content (AvgIpc) is 2.29. The fourth-order valence-electron chi connectivity index (χ4n) is 1.31. The van der Waals surface area contributed by atoms with Gasteiger partial charge >= 0.3 is 5.97 Å². The van der Waals surface area contributed by atoms with Crippen molar-refractivity contribution < 1.29 is 9.90 Å². The third-order valence-corrected chi connectivity index (χ3v) is 2.80. The molecule has 88 valence electrons. The van der Waals surface area contributed by atoms with Crippen LogP contribution in [0.25, 0.3) is 0 Å². The molecule has 0 atom stereocenters. The number of carboxylic acid groups (broad SMARTS) is 1. The monoisotopic (exact) mass is 240 g/mol. The molecule has 1 aromatic rings. The fourth-order valence-corrected chi connectivity index (χ4v) is 1.81. The van der Waals surface area contributed by atoms with Crippen molar-refractivity contribution in [2.45, 2.75) is 12.8 Å². The Hall–Kier alpha value is -1.23. The van der Waals surface area contributed by atoms with Gasteiger partial charge in [-0.05, 0) is 37.0 Å². The molecule has 0 amide bonds. The number of anilines is 1. The van der Waals surface area contributed by atoms with Gasteiger partial charge in [0.15, 0.2) is 5.69 Å². The summed E-state index contributed by atoms with van der Waals surface area (Å²) in [7, 11) is 0. The van der Waals surface area contributed by atoms with Gasteiger partial charge in [-0.1, -0.05) is 0 Å².